The summed E-state index contributed by atoms with van der Waals surface area (Å²) in [5.74, 6) is 0.776. The number of fused-ring (bicyclic) bond motifs is 1. The minimum Gasteiger partial charge on any atom is -0.504 e. The Bertz CT molecular complexity index is 1060. The van der Waals surface area contributed by atoms with Crippen LogP contribution in [0.2, 0.25) is 0 Å². The number of piperazine rings is 1. The molecule has 0 atom stereocenters. The minimum atomic E-state index is -0.0527. The Labute approximate surface area is 196 Å². The molecule has 1 fully saturated rings. The zero-order valence-corrected chi connectivity index (χ0v) is 19.8. The third-order valence-electron chi connectivity index (χ3n) is 7.09. The molecule has 6 heteroatoms. The lowest BCUT2D eigenvalue weighted by atomic mass is 9.93. The van der Waals surface area contributed by atoms with Gasteiger partial charge in [-0.25, -0.2) is 0 Å². The Morgan fingerprint density at radius 1 is 1.15 bits per heavy atom. The number of aryl methyl sites for hydroxylation is 1. The molecule has 0 aromatic heterocycles. The predicted molar refractivity (Wildman–Crippen MR) is 129 cm³/mol. The molecule has 1 N–H and O–H groups in total. The average molecular weight is 448 g/mol. The van der Waals surface area contributed by atoms with Gasteiger partial charge in [-0.1, -0.05) is 24.6 Å². The number of methoxy groups -OCH3 is 1. The molecule has 0 aliphatic carbocycles. The van der Waals surface area contributed by atoms with Gasteiger partial charge in [0.2, 0.25) is 0 Å². The SMILES string of the molecule is C#CN1CCN(C(=O)c2cccc3c2CN(C(C)(C)CCc2ccc(O)c(OC)c2)C3)CC1. The number of benzene rings is 2. The van der Waals surface area contributed by atoms with Gasteiger partial charge in [0.25, 0.3) is 5.91 Å². The van der Waals surface area contributed by atoms with Gasteiger partial charge in [-0.2, -0.15) is 0 Å². The number of phenols is 1. The Hall–Kier alpha value is -3.17. The fraction of sp³-hybridized carbons (Fsp3) is 0.444. The minimum absolute atomic E-state index is 0.0527. The number of hydrogen-bond donors (Lipinski definition) is 1. The summed E-state index contributed by atoms with van der Waals surface area (Å²) in [7, 11) is 1.57. The molecular weight excluding hydrogens is 414 g/mol. The van der Waals surface area contributed by atoms with Crippen molar-refractivity contribution < 1.29 is 14.6 Å². The number of ether oxygens (including phenoxy) is 1. The van der Waals surface area contributed by atoms with Crippen molar-refractivity contribution in [3.05, 3.63) is 58.7 Å². The van der Waals surface area contributed by atoms with Crippen LogP contribution < -0.4 is 4.74 Å². The molecular formula is C27H33N3O3. The van der Waals surface area contributed by atoms with Crippen LogP contribution in [-0.4, -0.2) is 64.5 Å². The summed E-state index contributed by atoms with van der Waals surface area (Å²) in [6.07, 6.45) is 7.33. The topological polar surface area (TPSA) is 56.2 Å². The highest BCUT2D eigenvalue weighted by molar-refractivity contribution is 5.96. The van der Waals surface area contributed by atoms with E-state index in [1.807, 2.05) is 34.1 Å². The van der Waals surface area contributed by atoms with Gasteiger partial charge in [0.1, 0.15) is 0 Å². The summed E-state index contributed by atoms with van der Waals surface area (Å²) in [6, 6.07) is 14.3. The number of carbonyl (C=O) groups excluding carboxylic acids is 1. The van der Waals surface area contributed by atoms with Crippen LogP contribution in [0.15, 0.2) is 36.4 Å². The fourth-order valence-corrected chi connectivity index (χ4v) is 4.75. The van der Waals surface area contributed by atoms with E-state index in [2.05, 4.69) is 30.9 Å². The molecule has 4 rings (SSSR count). The maximum absolute atomic E-state index is 13.3. The van der Waals surface area contributed by atoms with E-state index >= 15 is 0 Å². The first-order valence-corrected chi connectivity index (χ1v) is 11.5. The van der Waals surface area contributed by atoms with E-state index in [4.69, 9.17) is 11.2 Å². The Balaban J connectivity index is 1.44. The molecule has 2 aromatic carbocycles. The molecule has 0 unspecified atom stereocenters. The van der Waals surface area contributed by atoms with E-state index in [-0.39, 0.29) is 17.2 Å². The molecule has 2 aromatic rings. The van der Waals surface area contributed by atoms with Gasteiger partial charge in [-0.3, -0.25) is 9.69 Å². The Morgan fingerprint density at radius 2 is 1.91 bits per heavy atom. The highest BCUT2D eigenvalue weighted by atomic mass is 16.5. The fourth-order valence-electron chi connectivity index (χ4n) is 4.75. The van der Waals surface area contributed by atoms with E-state index in [1.165, 1.54) is 5.56 Å². The molecule has 6 nitrogen and oxygen atoms in total. The molecule has 0 bridgehead atoms. The van der Waals surface area contributed by atoms with Crippen molar-refractivity contribution in [3.63, 3.8) is 0 Å². The average Bonchev–Trinajstić information content (AvgIpc) is 3.29. The summed E-state index contributed by atoms with van der Waals surface area (Å²) < 4.78 is 5.25. The third kappa shape index (κ3) is 4.79. The number of carbonyl (C=O) groups is 1. The van der Waals surface area contributed by atoms with Crippen LogP contribution in [0.1, 0.15) is 47.3 Å². The number of amides is 1. The number of rotatable bonds is 6. The van der Waals surface area contributed by atoms with Crippen LogP contribution in [0.4, 0.5) is 0 Å². The van der Waals surface area contributed by atoms with E-state index in [0.717, 1.165) is 55.7 Å². The highest BCUT2D eigenvalue weighted by Gasteiger charge is 2.34. The monoisotopic (exact) mass is 447 g/mol. The Kier molecular flexibility index (Phi) is 6.53. The lowest BCUT2D eigenvalue weighted by Crippen LogP contribution is -2.47. The highest BCUT2D eigenvalue weighted by Crippen LogP contribution is 2.35. The van der Waals surface area contributed by atoms with Gasteiger partial charge >= 0.3 is 0 Å². The van der Waals surface area contributed by atoms with Crippen molar-refractivity contribution in [2.75, 3.05) is 33.3 Å². The molecule has 2 heterocycles. The second-order valence-electron chi connectivity index (χ2n) is 9.53. The Morgan fingerprint density at radius 3 is 2.61 bits per heavy atom. The van der Waals surface area contributed by atoms with Crippen molar-refractivity contribution in [2.24, 2.45) is 0 Å². The standard InChI is InChI=1S/C27H33N3O3/c1-5-28-13-15-29(16-14-28)26(32)22-8-6-7-21-18-30(19-23(21)22)27(2,3)12-11-20-9-10-24(31)25(17-20)33-4/h1,6-10,17,31H,11-16,18-19H2,2-4H3. The predicted octanol–water partition coefficient (Wildman–Crippen LogP) is 3.48. The molecule has 1 saturated heterocycles. The van der Waals surface area contributed by atoms with Crippen molar-refractivity contribution in [1.29, 1.82) is 0 Å². The summed E-state index contributed by atoms with van der Waals surface area (Å²) in [5, 5.41) is 9.85. The summed E-state index contributed by atoms with van der Waals surface area (Å²) in [5.41, 5.74) is 4.30. The quantitative estimate of drug-likeness (QED) is 0.688. The summed E-state index contributed by atoms with van der Waals surface area (Å²) in [4.78, 5) is 19.6. The normalized spacial score (nSPS) is 16.4. The molecule has 1 amide bonds. The van der Waals surface area contributed by atoms with Gasteiger partial charge in [0, 0.05) is 56.4 Å². The van der Waals surface area contributed by atoms with Crippen LogP contribution in [-0.2, 0) is 19.5 Å². The van der Waals surface area contributed by atoms with Crippen LogP contribution >= 0.6 is 0 Å². The van der Waals surface area contributed by atoms with E-state index < -0.39 is 0 Å². The summed E-state index contributed by atoms with van der Waals surface area (Å²) >= 11 is 0. The van der Waals surface area contributed by atoms with Crippen LogP contribution in [0.25, 0.3) is 0 Å². The first kappa shape index (κ1) is 23.0. The first-order chi connectivity index (χ1) is 15.8. The van der Waals surface area contributed by atoms with Crippen molar-refractivity contribution in [1.82, 2.24) is 14.7 Å². The van der Waals surface area contributed by atoms with Gasteiger partial charge < -0.3 is 19.6 Å². The van der Waals surface area contributed by atoms with Crippen molar-refractivity contribution in [3.8, 4) is 24.0 Å². The second-order valence-corrected chi connectivity index (χ2v) is 9.53. The molecule has 0 spiro atoms. The largest absolute Gasteiger partial charge is 0.504 e. The van der Waals surface area contributed by atoms with Gasteiger partial charge in [0.15, 0.2) is 11.5 Å². The molecule has 0 saturated carbocycles. The van der Waals surface area contributed by atoms with Crippen LogP contribution in [0.5, 0.6) is 11.5 Å². The molecule has 33 heavy (non-hydrogen) atoms. The number of nitrogens with zero attached hydrogens (tertiary/aromatic N) is 3. The molecule has 2 aliphatic heterocycles. The molecule has 174 valence electrons. The van der Waals surface area contributed by atoms with E-state index in [0.29, 0.717) is 18.8 Å². The van der Waals surface area contributed by atoms with Gasteiger partial charge in [-0.15, -0.1) is 0 Å². The zero-order valence-electron chi connectivity index (χ0n) is 19.8. The first-order valence-electron chi connectivity index (χ1n) is 11.5. The smallest absolute Gasteiger partial charge is 0.254 e. The van der Waals surface area contributed by atoms with Crippen LogP contribution in [0, 0.1) is 12.5 Å². The van der Waals surface area contributed by atoms with Crippen molar-refractivity contribution >= 4 is 5.91 Å². The second kappa shape index (κ2) is 9.36. The van der Waals surface area contributed by atoms with Gasteiger partial charge in [0.05, 0.1) is 7.11 Å². The number of aromatic hydroxyl groups is 1. The maximum atomic E-state index is 13.3. The summed E-state index contributed by atoms with van der Waals surface area (Å²) in [6.45, 7) is 8.90. The molecule has 0 radical (unpaired) electrons. The van der Waals surface area contributed by atoms with E-state index in [1.54, 1.807) is 13.2 Å². The van der Waals surface area contributed by atoms with Gasteiger partial charge in [-0.05, 0) is 61.6 Å². The maximum Gasteiger partial charge on any atom is 0.254 e. The van der Waals surface area contributed by atoms with E-state index in [9.17, 15) is 9.90 Å². The third-order valence-corrected chi connectivity index (χ3v) is 7.09. The zero-order chi connectivity index (χ0) is 23.6. The number of hydrogen-bond acceptors (Lipinski definition) is 5. The lowest BCUT2D eigenvalue weighted by molar-refractivity contribution is 0.0682. The van der Waals surface area contributed by atoms with Crippen LogP contribution in [0.3, 0.4) is 0 Å². The number of terminal acetylenes is 1. The number of phenolic OH excluding ortho intramolecular Hbond substituents is 1. The molecule has 2 aliphatic rings. The lowest BCUT2D eigenvalue weighted by Gasteiger charge is -2.36. The van der Waals surface area contributed by atoms with Crippen molar-refractivity contribution in [2.45, 2.75) is 45.3 Å².